The Labute approximate surface area is 112 Å². The molecule has 1 atom stereocenters. The number of aliphatic hydroxyl groups is 1. The minimum absolute atomic E-state index is 0.329. The van der Waals surface area contributed by atoms with Crippen molar-refractivity contribution < 1.29 is 9.50 Å². The summed E-state index contributed by atoms with van der Waals surface area (Å²) in [7, 11) is 1.80. The van der Waals surface area contributed by atoms with Gasteiger partial charge in [0.05, 0.1) is 11.8 Å². The Balaban J connectivity index is 2.31. The van der Waals surface area contributed by atoms with Gasteiger partial charge in [0.2, 0.25) is 0 Å². The van der Waals surface area contributed by atoms with Gasteiger partial charge in [0.1, 0.15) is 5.82 Å². The second-order valence-corrected chi connectivity index (χ2v) is 4.57. The first-order valence-electron chi connectivity index (χ1n) is 6.16. The zero-order valence-electron chi connectivity index (χ0n) is 11.0. The van der Waals surface area contributed by atoms with Crippen molar-refractivity contribution >= 4 is 5.69 Å². The lowest BCUT2D eigenvalue weighted by Crippen LogP contribution is -2.20. The monoisotopic (exact) mass is 260 g/mol. The summed E-state index contributed by atoms with van der Waals surface area (Å²) in [5.74, 6) is -0.329. The fourth-order valence-corrected chi connectivity index (χ4v) is 2.12. The number of para-hydroxylation sites is 1. The Hall–Kier alpha value is -1.94. The van der Waals surface area contributed by atoms with Crippen LogP contribution in [0.3, 0.4) is 0 Å². The summed E-state index contributed by atoms with van der Waals surface area (Å²) in [6.45, 7) is 2.17. The van der Waals surface area contributed by atoms with E-state index in [0.29, 0.717) is 17.8 Å². The molecule has 0 bridgehead atoms. The summed E-state index contributed by atoms with van der Waals surface area (Å²) in [5, 5.41) is 9.74. The van der Waals surface area contributed by atoms with Crippen molar-refractivity contribution in [2.45, 2.75) is 19.6 Å². The van der Waals surface area contributed by atoms with Gasteiger partial charge in [0.25, 0.3) is 0 Å². The largest absolute Gasteiger partial charge is 0.389 e. The van der Waals surface area contributed by atoms with Crippen LogP contribution in [-0.2, 0) is 6.54 Å². The average molecular weight is 260 g/mol. The Morgan fingerprint density at radius 3 is 2.74 bits per heavy atom. The van der Waals surface area contributed by atoms with Crippen LogP contribution >= 0.6 is 0 Å². The topological polar surface area (TPSA) is 36.4 Å². The van der Waals surface area contributed by atoms with E-state index in [4.69, 9.17) is 0 Å². The molecule has 2 aromatic rings. The van der Waals surface area contributed by atoms with Gasteiger partial charge in [-0.2, -0.15) is 0 Å². The first-order valence-corrected chi connectivity index (χ1v) is 6.16. The lowest BCUT2D eigenvalue weighted by atomic mass is 10.1. The number of aliphatic hydroxyl groups excluding tert-OH is 1. The Morgan fingerprint density at radius 1 is 1.32 bits per heavy atom. The standard InChI is InChI=1S/C15H17FN2O/c1-11(19)13-6-3-7-14(16)15(13)18(2)10-12-5-4-8-17-9-12/h3-9,11,19H,10H2,1-2H3/t11-/m1/s1. The molecule has 2 rings (SSSR count). The van der Waals surface area contributed by atoms with Crippen LogP contribution in [-0.4, -0.2) is 17.1 Å². The maximum Gasteiger partial charge on any atom is 0.146 e. The number of rotatable bonds is 4. The molecule has 0 fully saturated rings. The predicted molar refractivity (Wildman–Crippen MR) is 73.4 cm³/mol. The highest BCUT2D eigenvalue weighted by molar-refractivity contribution is 5.55. The molecule has 0 spiro atoms. The minimum atomic E-state index is -0.706. The zero-order chi connectivity index (χ0) is 13.8. The fraction of sp³-hybridized carbons (Fsp3) is 0.267. The van der Waals surface area contributed by atoms with E-state index in [1.807, 2.05) is 12.1 Å². The van der Waals surface area contributed by atoms with Gasteiger partial charge >= 0.3 is 0 Å². The summed E-state index contributed by atoms with van der Waals surface area (Å²) in [4.78, 5) is 5.83. The normalized spacial score (nSPS) is 12.2. The molecule has 0 saturated carbocycles. The third-order valence-corrected chi connectivity index (χ3v) is 2.99. The van der Waals surface area contributed by atoms with Crippen molar-refractivity contribution in [2.24, 2.45) is 0 Å². The molecule has 19 heavy (non-hydrogen) atoms. The summed E-state index contributed by atoms with van der Waals surface area (Å²) in [5.41, 5.74) is 2.01. The third-order valence-electron chi connectivity index (χ3n) is 2.99. The van der Waals surface area contributed by atoms with E-state index in [2.05, 4.69) is 4.98 Å². The van der Waals surface area contributed by atoms with Crippen LogP contribution in [0.2, 0.25) is 0 Å². The molecule has 0 radical (unpaired) electrons. The molecule has 0 saturated heterocycles. The summed E-state index contributed by atoms with van der Waals surface area (Å²) >= 11 is 0. The summed E-state index contributed by atoms with van der Waals surface area (Å²) < 4.78 is 14.0. The average Bonchev–Trinajstić information content (AvgIpc) is 2.39. The van der Waals surface area contributed by atoms with E-state index in [0.717, 1.165) is 5.56 Å². The number of hydrogen-bond acceptors (Lipinski definition) is 3. The van der Waals surface area contributed by atoms with Crippen molar-refractivity contribution in [1.82, 2.24) is 4.98 Å². The highest BCUT2D eigenvalue weighted by Crippen LogP contribution is 2.29. The first kappa shape index (κ1) is 13.5. The van der Waals surface area contributed by atoms with Crippen LogP contribution < -0.4 is 4.90 Å². The maximum atomic E-state index is 14.0. The Bertz CT molecular complexity index is 543. The van der Waals surface area contributed by atoms with Gasteiger partial charge in [-0.3, -0.25) is 4.98 Å². The predicted octanol–water partition coefficient (Wildman–Crippen LogP) is 2.91. The van der Waals surface area contributed by atoms with Gasteiger partial charge in [-0.15, -0.1) is 0 Å². The lowest BCUT2D eigenvalue weighted by molar-refractivity contribution is 0.199. The van der Waals surface area contributed by atoms with Gasteiger partial charge < -0.3 is 10.0 Å². The molecular formula is C15H17FN2O. The molecule has 4 heteroatoms. The maximum absolute atomic E-state index is 14.0. The number of halogens is 1. The molecule has 1 N–H and O–H groups in total. The van der Waals surface area contributed by atoms with Gasteiger partial charge in [-0.1, -0.05) is 18.2 Å². The molecule has 1 aromatic heterocycles. The SMILES string of the molecule is C[C@@H](O)c1cccc(F)c1N(C)Cc1cccnc1. The summed E-state index contributed by atoms with van der Waals surface area (Å²) in [6, 6.07) is 8.54. The van der Waals surface area contributed by atoms with E-state index < -0.39 is 6.10 Å². The van der Waals surface area contributed by atoms with Gasteiger partial charge in [-0.05, 0) is 24.6 Å². The Kier molecular flexibility index (Phi) is 4.12. The molecule has 0 amide bonds. The molecule has 0 unspecified atom stereocenters. The second-order valence-electron chi connectivity index (χ2n) is 4.57. The molecule has 1 aromatic carbocycles. The molecule has 3 nitrogen and oxygen atoms in total. The van der Waals surface area contributed by atoms with Gasteiger partial charge in [0.15, 0.2) is 0 Å². The fourth-order valence-electron chi connectivity index (χ4n) is 2.12. The highest BCUT2D eigenvalue weighted by atomic mass is 19.1. The number of aromatic nitrogens is 1. The van der Waals surface area contributed by atoms with E-state index in [1.165, 1.54) is 6.07 Å². The molecule has 0 aliphatic rings. The van der Waals surface area contributed by atoms with Crippen molar-refractivity contribution in [3.8, 4) is 0 Å². The number of benzene rings is 1. The van der Waals surface area contributed by atoms with Crippen LogP contribution in [0.4, 0.5) is 10.1 Å². The van der Waals surface area contributed by atoms with Crippen molar-refractivity contribution in [2.75, 3.05) is 11.9 Å². The van der Waals surface area contributed by atoms with Crippen LogP contribution in [0.1, 0.15) is 24.2 Å². The van der Waals surface area contributed by atoms with Gasteiger partial charge in [-0.25, -0.2) is 4.39 Å². The number of hydrogen-bond donors (Lipinski definition) is 1. The third kappa shape index (κ3) is 3.09. The van der Waals surface area contributed by atoms with Crippen molar-refractivity contribution in [1.29, 1.82) is 0 Å². The van der Waals surface area contributed by atoms with E-state index in [1.54, 1.807) is 43.4 Å². The molecule has 0 aliphatic carbocycles. The van der Waals surface area contributed by atoms with Crippen LogP contribution in [0.15, 0.2) is 42.7 Å². The number of nitrogens with zero attached hydrogens (tertiary/aromatic N) is 2. The van der Waals surface area contributed by atoms with Crippen LogP contribution in [0.25, 0.3) is 0 Å². The lowest BCUT2D eigenvalue weighted by Gasteiger charge is -2.24. The summed E-state index contributed by atoms with van der Waals surface area (Å²) in [6.07, 6.45) is 2.75. The molecular weight excluding hydrogens is 243 g/mol. The van der Waals surface area contributed by atoms with Crippen LogP contribution in [0, 0.1) is 5.82 Å². The van der Waals surface area contributed by atoms with E-state index in [9.17, 15) is 9.50 Å². The van der Waals surface area contributed by atoms with Crippen molar-refractivity contribution in [3.05, 3.63) is 59.7 Å². The zero-order valence-corrected chi connectivity index (χ0v) is 11.0. The number of pyridine rings is 1. The second kappa shape index (κ2) is 5.80. The van der Waals surface area contributed by atoms with Crippen LogP contribution in [0.5, 0.6) is 0 Å². The quantitative estimate of drug-likeness (QED) is 0.918. The van der Waals surface area contributed by atoms with E-state index >= 15 is 0 Å². The van der Waals surface area contributed by atoms with Crippen molar-refractivity contribution in [3.63, 3.8) is 0 Å². The molecule has 0 aliphatic heterocycles. The molecule has 100 valence electrons. The molecule has 1 heterocycles. The highest BCUT2D eigenvalue weighted by Gasteiger charge is 2.16. The number of anilines is 1. The van der Waals surface area contributed by atoms with Gasteiger partial charge in [0, 0.05) is 31.5 Å². The first-order chi connectivity index (χ1) is 9.09. The smallest absolute Gasteiger partial charge is 0.146 e. The minimum Gasteiger partial charge on any atom is -0.389 e. The Morgan fingerprint density at radius 2 is 2.11 bits per heavy atom. The van der Waals surface area contributed by atoms with E-state index in [-0.39, 0.29) is 5.82 Å².